The molecule has 2 rings (SSSR count). The number of halogens is 2. The van der Waals surface area contributed by atoms with Crippen LogP contribution in [0.1, 0.15) is 15.5 Å². The molecule has 0 saturated heterocycles. The molecule has 8 heteroatoms. The Morgan fingerprint density at radius 3 is 2.94 bits per heavy atom. The number of nitrogens with one attached hydrogen (secondary N) is 2. The average molecular weight is 380 g/mol. The number of amides is 1. The lowest BCUT2D eigenvalue weighted by atomic mass is 10.4. The number of hydrogen-bond donors (Lipinski definition) is 2. The molecule has 90 valence electrons. The third-order valence-electron chi connectivity index (χ3n) is 1.98. The predicted octanol–water partition coefficient (Wildman–Crippen LogP) is 2.36. The highest BCUT2D eigenvalue weighted by Gasteiger charge is 2.11. The second-order valence-electron chi connectivity index (χ2n) is 3.17. The SMILES string of the molecule is O=C(NCCc1ncn[nH]1)c1cc(Br)c(Br)s1. The summed E-state index contributed by atoms with van der Waals surface area (Å²) < 4.78 is 1.81. The van der Waals surface area contributed by atoms with Gasteiger partial charge in [-0.05, 0) is 37.9 Å². The van der Waals surface area contributed by atoms with Gasteiger partial charge in [0.15, 0.2) is 0 Å². The van der Waals surface area contributed by atoms with E-state index in [2.05, 4.69) is 52.4 Å². The van der Waals surface area contributed by atoms with Crippen LogP contribution in [0.5, 0.6) is 0 Å². The fraction of sp³-hybridized carbons (Fsp3) is 0.222. The maximum absolute atomic E-state index is 11.8. The first kappa shape index (κ1) is 12.7. The van der Waals surface area contributed by atoms with Crippen LogP contribution in [-0.2, 0) is 6.42 Å². The van der Waals surface area contributed by atoms with Crippen molar-refractivity contribution in [1.29, 1.82) is 0 Å². The molecule has 0 saturated carbocycles. The van der Waals surface area contributed by atoms with E-state index < -0.39 is 0 Å². The Hall–Kier alpha value is -0.730. The minimum atomic E-state index is -0.0825. The van der Waals surface area contributed by atoms with Crippen LogP contribution in [0.3, 0.4) is 0 Å². The molecule has 17 heavy (non-hydrogen) atoms. The summed E-state index contributed by atoms with van der Waals surface area (Å²) in [6, 6.07) is 1.79. The highest BCUT2D eigenvalue weighted by atomic mass is 79.9. The molecule has 0 aliphatic rings. The van der Waals surface area contributed by atoms with Gasteiger partial charge < -0.3 is 5.32 Å². The number of hydrogen-bond acceptors (Lipinski definition) is 4. The van der Waals surface area contributed by atoms with Crippen molar-refractivity contribution in [3.05, 3.63) is 31.4 Å². The number of nitrogens with zero attached hydrogens (tertiary/aromatic N) is 2. The molecule has 0 aliphatic carbocycles. The zero-order chi connectivity index (χ0) is 12.3. The van der Waals surface area contributed by atoms with E-state index in [0.29, 0.717) is 17.8 Å². The van der Waals surface area contributed by atoms with Crippen LogP contribution in [0.15, 0.2) is 20.7 Å². The normalized spacial score (nSPS) is 10.5. The molecule has 2 aromatic heterocycles. The number of rotatable bonds is 4. The Balaban J connectivity index is 1.85. The van der Waals surface area contributed by atoms with Crippen LogP contribution in [0, 0.1) is 0 Å². The molecule has 0 atom stereocenters. The van der Waals surface area contributed by atoms with Crippen molar-refractivity contribution in [3.8, 4) is 0 Å². The van der Waals surface area contributed by atoms with E-state index in [1.807, 2.05) is 0 Å². The van der Waals surface area contributed by atoms with Gasteiger partial charge in [0.2, 0.25) is 0 Å². The predicted molar refractivity (Wildman–Crippen MR) is 72.1 cm³/mol. The number of aromatic amines is 1. The molecule has 2 heterocycles. The van der Waals surface area contributed by atoms with Crippen LogP contribution in [-0.4, -0.2) is 27.6 Å². The summed E-state index contributed by atoms with van der Waals surface area (Å²) in [6.07, 6.45) is 2.09. The van der Waals surface area contributed by atoms with Crippen molar-refractivity contribution >= 4 is 49.1 Å². The molecule has 0 aliphatic heterocycles. The zero-order valence-electron chi connectivity index (χ0n) is 8.54. The lowest BCUT2D eigenvalue weighted by Crippen LogP contribution is -2.25. The molecule has 2 aromatic rings. The molecular weight excluding hydrogens is 372 g/mol. The van der Waals surface area contributed by atoms with Gasteiger partial charge in [-0.1, -0.05) is 0 Å². The Morgan fingerprint density at radius 2 is 2.35 bits per heavy atom. The zero-order valence-corrected chi connectivity index (χ0v) is 12.5. The van der Waals surface area contributed by atoms with Gasteiger partial charge in [0.1, 0.15) is 12.2 Å². The Labute approximate surface area is 118 Å². The van der Waals surface area contributed by atoms with Gasteiger partial charge in [-0.3, -0.25) is 9.89 Å². The fourth-order valence-corrected chi connectivity index (χ4v) is 3.14. The quantitative estimate of drug-likeness (QED) is 0.856. The van der Waals surface area contributed by atoms with Crippen LogP contribution in [0.4, 0.5) is 0 Å². The number of thiophene rings is 1. The number of aromatic nitrogens is 3. The smallest absolute Gasteiger partial charge is 0.261 e. The lowest BCUT2D eigenvalue weighted by Gasteiger charge is -2.00. The topological polar surface area (TPSA) is 70.7 Å². The molecule has 0 fully saturated rings. The van der Waals surface area contributed by atoms with Gasteiger partial charge in [-0.15, -0.1) is 11.3 Å². The molecule has 0 aromatic carbocycles. The third kappa shape index (κ3) is 3.36. The summed E-state index contributed by atoms with van der Waals surface area (Å²) in [7, 11) is 0. The first-order chi connectivity index (χ1) is 8.16. The van der Waals surface area contributed by atoms with Gasteiger partial charge in [0.05, 0.1) is 8.66 Å². The number of carbonyl (C=O) groups excluding carboxylic acids is 1. The molecule has 1 amide bonds. The van der Waals surface area contributed by atoms with E-state index >= 15 is 0 Å². The van der Waals surface area contributed by atoms with Gasteiger partial charge >= 0.3 is 0 Å². The van der Waals surface area contributed by atoms with Crippen molar-refractivity contribution in [1.82, 2.24) is 20.5 Å². The molecule has 0 spiro atoms. The summed E-state index contributed by atoms with van der Waals surface area (Å²) in [5.41, 5.74) is 0. The Kier molecular flexibility index (Phi) is 4.30. The molecule has 0 radical (unpaired) electrons. The van der Waals surface area contributed by atoms with E-state index in [4.69, 9.17) is 0 Å². The summed E-state index contributed by atoms with van der Waals surface area (Å²) in [5, 5.41) is 9.29. The van der Waals surface area contributed by atoms with Gasteiger partial charge in [-0.2, -0.15) is 5.10 Å². The van der Waals surface area contributed by atoms with E-state index in [-0.39, 0.29) is 5.91 Å². The standard InChI is InChI=1S/C9H8Br2N4OS/c10-5-3-6(17-8(5)11)9(16)12-2-1-7-13-4-14-15-7/h3-4H,1-2H2,(H,12,16)(H,13,14,15). The molecular formula is C9H8Br2N4OS. The van der Waals surface area contributed by atoms with E-state index in [1.54, 1.807) is 6.07 Å². The van der Waals surface area contributed by atoms with Crippen molar-refractivity contribution in [2.45, 2.75) is 6.42 Å². The monoisotopic (exact) mass is 378 g/mol. The Morgan fingerprint density at radius 1 is 1.53 bits per heavy atom. The minimum absolute atomic E-state index is 0.0825. The van der Waals surface area contributed by atoms with E-state index in [0.717, 1.165) is 14.1 Å². The molecule has 2 N–H and O–H groups in total. The van der Waals surface area contributed by atoms with Crippen molar-refractivity contribution in [2.75, 3.05) is 6.54 Å². The third-order valence-corrected chi connectivity index (χ3v) is 5.24. The van der Waals surface area contributed by atoms with Crippen LogP contribution in [0.2, 0.25) is 0 Å². The minimum Gasteiger partial charge on any atom is -0.351 e. The average Bonchev–Trinajstić information content (AvgIpc) is 2.90. The molecule has 0 unspecified atom stereocenters. The second kappa shape index (κ2) is 5.74. The maximum atomic E-state index is 11.8. The second-order valence-corrected chi connectivity index (χ2v) is 6.39. The molecule has 5 nitrogen and oxygen atoms in total. The van der Waals surface area contributed by atoms with Gasteiger partial charge in [-0.25, -0.2) is 4.98 Å². The maximum Gasteiger partial charge on any atom is 0.261 e. The highest BCUT2D eigenvalue weighted by molar-refractivity contribution is 9.13. The van der Waals surface area contributed by atoms with E-state index in [9.17, 15) is 4.79 Å². The first-order valence-electron chi connectivity index (χ1n) is 4.74. The van der Waals surface area contributed by atoms with Crippen LogP contribution >= 0.6 is 43.2 Å². The van der Waals surface area contributed by atoms with Gasteiger partial charge in [0, 0.05) is 17.4 Å². The summed E-state index contributed by atoms with van der Waals surface area (Å²) in [4.78, 5) is 16.4. The van der Waals surface area contributed by atoms with Crippen molar-refractivity contribution < 1.29 is 4.79 Å². The van der Waals surface area contributed by atoms with Crippen molar-refractivity contribution in [3.63, 3.8) is 0 Å². The summed E-state index contributed by atoms with van der Waals surface area (Å²) in [5.74, 6) is 0.680. The number of carbonyl (C=O) groups is 1. The van der Waals surface area contributed by atoms with E-state index in [1.165, 1.54) is 17.7 Å². The van der Waals surface area contributed by atoms with Gasteiger partial charge in [0.25, 0.3) is 5.91 Å². The first-order valence-corrected chi connectivity index (χ1v) is 7.14. The molecule has 0 bridgehead atoms. The Bertz CT molecular complexity index is 492. The van der Waals surface area contributed by atoms with Crippen LogP contribution < -0.4 is 5.32 Å². The van der Waals surface area contributed by atoms with Crippen LogP contribution in [0.25, 0.3) is 0 Å². The van der Waals surface area contributed by atoms with Crippen molar-refractivity contribution in [2.24, 2.45) is 0 Å². The largest absolute Gasteiger partial charge is 0.351 e. The summed E-state index contributed by atoms with van der Waals surface area (Å²) in [6.45, 7) is 0.529. The lowest BCUT2D eigenvalue weighted by molar-refractivity contribution is 0.0958. The highest BCUT2D eigenvalue weighted by Crippen LogP contribution is 2.32. The fourth-order valence-electron chi connectivity index (χ4n) is 1.19. The number of H-pyrrole nitrogens is 1. The summed E-state index contributed by atoms with van der Waals surface area (Å²) >= 11 is 8.09.